The van der Waals surface area contributed by atoms with E-state index in [0.29, 0.717) is 36.1 Å². The van der Waals surface area contributed by atoms with Crippen LogP contribution in [0.15, 0.2) is 28.8 Å². The van der Waals surface area contributed by atoms with Crippen molar-refractivity contribution in [2.75, 3.05) is 27.3 Å². The highest BCUT2D eigenvalue weighted by Crippen LogP contribution is 2.39. The van der Waals surface area contributed by atoms with Gasteiger partial charge in [0.15, 0.2) is 6.29 Å². The summed E-state index contributed by atoms with van der Waals surface area (Å²) in [6.45, 7) is 20.5. The number of aliphatic imine (C=N–C) groups is 1. The van der Waals surface area contributed by atoms with Crippen molar-refractivity contribution in [3.63, 3.8) is 0 Å². The topological polar surface area (TPSA) is 136 Å². The first-order valence-electron chi connectivity index (χ1n) is 16.6. The summed E-state index contributed by atoms with van der Waals surface area (Å²) in [6, 6.07) is -0.201. The van der Waals surface area contributed by atoms with Crippen LogP contribution in [0.25, 0.3) is 0 Å². The highest BCUT2D eigenvalue weighted by atomic mass is 16.7. The predicted molar refractivity (Wildman–Crippen MR) is 175 cm³/mol. The molecule has 2 fully saturated rings. The zero-order chi connectivity index (χ0) is 34.7. The molecule has 0 aromatic carbocycles. The minimum absolute atomic E-state index is 0.0522. The Labute approximate surface area is 275 Å². The van der Waals surface area contributed by atoms with E-state index in [1.807, 2.05) is 60.5 Å². The normalized spacial score (nSPS) is 44.0. The van der Waals surface area contributed by atoms with Crippen LogP contribution < -0.4 is 0 Å². The van der Waals surface area contributed by atoms with Gasteiger partial charge in [0.25, 0.3) is 0 Å². The highest BCUT2D eigenvalue weighted by molar-refractivity contribution is 5.97. The fourth-order valence-electron chi connectivity index (χ4n) is 7.41. The van der Waals surface area contributed by atoms with Gasteiger partial charge in [-0.2, -0.15) is 0 Å². The molecule has 0 radical (unpaired) electrons. The molecule has 11 nitrogen and oxygen atoms in total. The third-order valence-corrected chi connectivity index (χ3v) is 9.75. The smallest absolute Gasteiger partial charge is 0.312 e. The average molecular weight is 651 g/mol. The zero-order valence-corrected chi connectivity index (χ0v) is 29.7. The van der Waals surface area contributed by atoms with Gasteiger partial charge in [0.1, 0.15) is 23.9 Å². The first-order chi connectivity index (χ1) is 21.3. The Morgan fingerprint density at radius 1 is 1.20 bits per heavy atom. The van der Waals surface area contributed by atoms with Crippen molar-refractivity contribution >= 4 is 17.6 Å². The molecule has 3 heterocycles. The number of aliphatic hydroxyl groups is 2. The van der Waals surface area contributed by atoms with E-state index in [1.165, 1.54) is 6.92 Å². The molecule has 3 aliphatic heterocycles. The summed E-state index contributed by atoms with van der Waals surface area (Å²) in [7, 11) is 3.83. The Balaban J connectivity index is 2.28. The van der Waals surface area contributed by atoms with Gasteiger partial charge >= 0.3 is 5.97 Å². The summed E-state index contributed by atoms with van der Waals surface area (Å²) < 4.78 is 32.0. The number of aliphatic hydroxyl groups excluding tert-OH is 1. The van der Waals surface area contributed by atoms with Crippen molar-refractivity contribution in [2.45, 2.75) is 136 Å². The number of hydrogen-bond acceptors (Lipinski definition) is 10. The molecule has 1 unspecified atom stereocenters. The van der Waals surface area contributed by atoms with Crippen molar-refractivity contribution in [3.05, 3.63) is 23.8 Å². The maximum Gasteiger partial charge on any atom is 0.312 e. The molecule has 0 aliphatic carbocycles. The molecule has 11 heteroatoms. The lowest BCUT2D eigenvalue weighted by molar-refractivity contribution is -0.284. The van der Waals surface area contributed by atoms with Crippen LogP contribution >= 0.6 is 0 Å². The first kappa shape index (κ1) is 38.5. The number of likely N-dealkylation sites (N-methyl/N-ethyl adjacent to an activating group) is 1. The van der Waals surface area contributed by atoms with Gasteiger partial charge in [-0.1, -0.05) is 33.4 Å². The molecule has 0 aromatic heterocycles. The van der Waals surface area contributed by atoms with E-state index in [-0.39, 0.29) is 37.2 Å². The van der Waals surface area contributed by atoms with E-state index >= 15 is 0 Å². The van der Waals surface area contributed by atoms with Gasteiger partial charge in [0, 0.05) is 24.6 Å². The zero-order valence-electron chi connectivity index (χ0n) is 29.7. The molecule has 3 rings (SSSR count). The van der Waals surface area contributed by atoms with Crippen LogP contribution in [0.1, 0.15) is 81.6 Å². The van der Waals surface area contributed by atoms with Crippen molar-refractivity contribution in [2.24, 2.45) is 22.7 Å². The molecule has 0 aromatic rings. The van der Waals surface area contributed by atoms with Crippen molar-refractivity contribution in [1.82, 2.24) is 4.90 Å². The van der Waals surface area contributed by atoms with Crippen LogP contribution in [0.3, 0.4) is 0 Å². The number of amides is 1. The Morgan fingerprint density at radius 3 is 2.43 bits per heavy atom. The molecule has 12 atom stereocenters. The summed E-state index contributed by atoms with van der Waals surface area (Å²) in [5, 5.41) is 23.5. The molecule has 2 N–H and O–H groups in total. The molecule has 0 saturated carbocycles. The van der Waals surface area contributed by atoms with Gasteiger partial charge in [-0.15, -0.1) is 0 Å². The number of ether oxygens (including phenoxy) is 5. The molecular weight excluding hydrogens is 592 g/mol. The van der Waals surface area contributed by atoms with Gasteiger partial charge in [-0.05, 0) is 85.0 Å². The standard InChI is InChI=1S/C35H58N2O9/c1-13-27-35(10,41)31-24(7)28(36-25(8)38)22(5)16-34(9,43-18-19(2)17-42-31)30(20(3)14-21(4)32(40)45-27)46-33-29(39)26(37(11)12)15-23(6)44-33/h14,21-24,26-27,29-31,33,39,41H,2,13,15-18H2,1,3-12H3/b20-14-,36-28?/t21?,22-,23-,24+,26+,27-,29-,30-,31+,33+,34-,35-/m1/s1. The molecule has 2 saturated heterocycles. The third-order valence-electron chi connectivity index (χ3n) is 9.75. The summed E-state index contributed by atoms with van der Waals surface area (Å²) in [5.74, 6) is -2.49. The summed E-state index contributed by atoms with van der Waals surface area (Å²) in [6.07, 6.45) is -1.65. The minimum Gasteiger partial charge on any atom is -0.459 e. The highest BCUT2D eigenvalue weighted by Gasteiger charge is 2.50. The Bertz CT molecular complexity index is 1170. The Hall–Kier alpha value is -1.99. The maximum absolute atomic E-state index is 13.6. The van der Waals surface area contributed by atoms with E-state index < -0.39 is 59.7 Å². The fraction of sp³-hybridized carbons (Fsp3) is 0.800. The quantitative estimate of drug-likeness (QED) is 0.341. The number of carbonyl (C=O) groups is 2. The summed E-state index contributed by atoms with van der Waals surface area (Å²) >= 11 is 0. The average Bonchev–Trinajstić information content (AvgIpc) is 2.97. The summed E-state index contributed by atoms with van der Waals surface area (Å²) in [5.41, 5.74) is -0.883. The number of nitrogens with zero attached hydrogens (tertiary/aromatic N) is 2. The number of carbonyl (C=O) groups excluding carboxylic acids is 2. The Kier molecular flexibility index (Phi) is 12.9. The van der Waals surface area contributed by atoms with Gasteiger partial charge in [0.2, 0.25) is 5.91 Å². The van der Waals surface area contributed by atoms with Crippen LogP contribution in [0.5, 0.6) is 0 Å². The third kappa shape index (κ3) is 8.72. The monoisotopic (exact) mass is 650 g/mol. The minimum atomic E-state index is -1.64. The molecule has 46 heavy (non-hydrogen) atoms. The van der Waals surface area contributed by atoms with Crippen LogP contribution in [0.2, 0.25) is 0 Å². The second-order valence-corrected chi connectivity index (χ2v) is 14.4. The largest absolute Gasteiger partial charge is 0.459 e. The molecule has 1 amide bonds. The van der Waals surface area contributed by atoms with Crippen molar-refractivity contribution in [1.29, 1.82) is 0 Å². The fourth-order valence-corrected chi connectivity index (χ4v) is 7.41. The number of cyclic esters (lactones) is 1. The second-order valence-electron chi connectivity index (χ2n) is 14.4. The number of rotatable bonds is 4. The SMILES string of the molecule is C=C1CO[C@H]2[C@@H](C)C(=NC(C)=O)[C@H](C)C[C@@](C)(OC1)[C@H](O[C@@H]1O[C@H](C)C[C@H](N(C)C)[C@H]1O)/C(C)=C\C(C)C(=O)O[C@H](CC)[C@@]2(C)O. The van der Waals surface area contributed by atoms with Crippen LogP contribution in [-0.4, -0.2) is 114 Å². The van der Waals surface area contributed by atoms with Crippen LogP contribution in [0, 0.1) is 17.8 Å². The van der Waals surface area contributed by atoms with Gasteiger partial charge in [0.05, 0.1) is 36.9 Å². The predicted octanol–water partition coefficient (Wildman–Crippen LogP) is 3.85. The van der Waals surface area contributed by atoms with Crippen LogP contribution in [0.4, 0.5) is 0 Å². The summed E-state index contributed by atoms with van der Waals surface area (Å²) in [4.78, 5) is 32.5. The molecule has 3 aliphatic rings. The molecule has 2 bridgehead atoms. The van der Waals surface area contributed by atoms with E-state index in [2.05, 4.69) is 11.6 Å². The molecule has 262 valence electrons. The first-order valence-corrected chi connectivity index (χ1v) is 16.6. The lowest BCUT2D eigenvalue weighted by Gasteiger charge is -2.46. The second kappa shape index (κ2) is 15.5. The number of hydrogen-bond donors (Lipinski definition) is 2. The van der Waals surface area contributed by atoms with Crippen molar-refractivity contribution < 1.29 is 43.5 Å². The molecular formula is C35H58N2O9. The van der Waals surface area contributed by atoms with E-state index in [1.54, 1.807) is 19.9 Å². The lowest BCUT2D eigenvalue weighted by Crippen LogP contribution is -2.58. The molecule has 0 spiro atoms. The van der Waals surface area contributed by atoms with E-state index in [4.69, 9.17) is 23.7 Å². The number of esters is 1. The van der Waals surface area contributed by atoms with Gasteiger partial charge in [-0.25, -0.2) is 4.99 Å². The Morgan fingerprint density at radius 2 is 1.85 bits per heavy atom. The van der Waals surface area contributed by atoms with E-state index in [0.717, 1.165) is 0 Å². The number of fused-ring (bicyclic) bond motifs is 5. The van der Waals surface area contributed by atoms with Gasteiger partial charge < -0.3 is 38.8 Å². The van der Waals surface area contributed by atoms with Crippen LogP contribution in [-0.2, 0) is 33.3 Å². The van der Waals surface area contributed by atoms with Gasteiger partial charge in [-0.3, -0.25) is 9.59 Å². The van der Waals surface area contributed by atoms with E-state index in [9.17, 15) is 19.8 Å². The lowest BCUT2D eigenvalue weighted by atomic mass is 9.75. The van der Waals surface area contributed by atoms with Crippen molar-refractivity contribution in [3.8, 4) is 0 Å². The maximum atomic E-state index is 13.6.